The predicted octanol–water partition coefficient (Wildman–Crippen LogP) is 1.97. The van der Waals surface area contributed by atoms with E-state index in [1.165, 1.54) is 6.07 Å². The van der Waals surface area contributed by atoms with E-state index >= 15 is 0 Å². The number of benzene rings is 1. The molecule has 0 fully saturated rings. The third-order valence-electron chi connectivity index (χ3n) is 2.73. The second-order valence-corrected chi connectivity index (χ2v) is 5.67. The molecule has 0 atom stereocenters. The molecule has 1 aliphatic rings. The number of Topliss-reactive ketones (excluding diaryl/α,β-unsaturated/α-hetero) is 1. The van der Waals surface area contributed by atoms with Gasteiger partial charge < -0.3 is 4.18 Å². The van der Waals surface area contributed by atoms with E-state index in [4.69, 9.17) is 0 Å². The highest BCUT2D eigenvalue weighted by Crippen LogP contribution is 2.29. The Balaban J connectivity index is 2.29. The van der Waals surface area contributed by atoms with E-state index in [0.717, 1.165) is 17.7 Å². The number of carbonyl (C=O) groups excluding carboxylic acids is 1. The number of ketones is 1. The molecule has 0 amide bonds. The van der Waals surface area contributed by atoms with E-state index in [1.807, 2.05) is 0 Å². The second-order valence-electron chi connectivity index (χ2n) is 4.13. The van der Waals surface area contributed by atoms with Crippen LogP contribution >= 0.6 is 0 Å². The molecule has 1 aromatic carbocycles. The Morgan fingerprint density at radius 3 is 2.42 bits per heavy atom. The Morgan fingerprint density at radius 1 is 1.11 bits per heavy atom. The minimum Gasteiger partial charge on any atom is -0.376 e. The van der Waals surface area contributed by atoms with E-state index in [2.05, 4.69) is 4.18 Å². The third kappa shape index (κ3) is 2.89. The van der Waals surface area contributed by atoms with Crippen molar-refractivity contribution in [1.82, 2.24) is 0 Å². The van der Waals surface area contributed by atoms with Crippen LogP contribution in [0.4, 0.5) is 13.2 Å². The average Bonchev–Trinajstić information content (AvgIpc) is 2.26. The Bertz CT molecular complexity index is 619. The van der Waals surface area contributed by atoms with Crippen LogP contribution in [0.5, 0.6) is 5.75 Å². The van der Waals surface area contributed by atoms with Crippen LogP contribution in [0.3, 0.4) is 0 Å². The van der Waals surface area contributed by atoms with Crippen LogP contribution in [0.2, 0.25) is 0 Å². The molecule has 0 unspecified atom stereocenters. The lowest BCUT2D eigenvalue weighted by Crippen LogP contribution is -2.28. The van der Waals surface area contributed by atoms with Crippen molar-refractivity contribution in [2.45, 2.75) is 24.8 Å². The van der Waals surface area contributed by atoms with Gasteiger partial charge in [-0.2, -0.15) is 21.6 Å². The summed E-state index contributed by atoms with van der Waals surface area (Å²) in [6.45, 7) is 0. The summed E-state index contributed by atoms with van der Waals surface area (Å²) in [5.74, 6) is -0.478. The summed E-state index contributed by atoms with van der Waals surface area (Å²) in [5, 5.41) is 0. The molecule has 4 nitrogen and oxygen atoms in total. The summed E-state index contributed by atoms with van der Waals surface area (Å²) in [4.78, 5) is 11.2. The summed E-state index contributed by atoms with van der Waals surface area (Å²) < 4.78 is 62.1. The molecule has 0 N–H and O–H groups in total. The Hall–Kier alpha value is -1.57. The molecular formula is C11H9F3O4S. The molecule has 0 aromatic heterocycles. The van der Waals surface area contributed by atoms with Crippen molar-refractivity contribution in [3.05, 3.63) is 29.3 Å². The normalized spacial score (nSPS) is 16.1. The van der Waals surface area contributed by atoms with Crippen LogP contribution in [-0.2, 0) is 27.8 Å². The first kappa shape index (κ1) is 13.9. The molecule has 0 heterocycles. The van der Waals surface area contributed by atoms with Gasteiger partial charge in [0.15, 0.2) is 0 Å². The molecule has 0 saturated carbocycles. The topological polar surface area (TPSA) is 60.4 Å². The predicted molar refractivity (Wildman–Crippen MR) is 59.1 cm³/mol. The summed E-state index contributed by atoms with van der Waals surface area (Å²) in [5.41, 5.74) is -4.15. The number of aryl methyl sites for hydroxylation is 1. The average molecular weight is 294 g/mol. The van der Waals surface area contributed by atoms with Crippen molar-refractivity contribution in [2.24, 2.45) is 0 Å². The Morgan fingerprint density at radius 2 is 1.79 bits per heavy atom. The standard InChI is InChI=1S/C11H9F3O4S/c12-11(13,14)19(16,17)18-10-4-2-7-1-3-9(15)5-8(7)6-10/h2,4,6H,1,3,5H2. The number of fused-ring (bicyclic) bond motifs is 1. The molecule has 0 spiro atoms. The largest absolute Gasteiger partial charge is 0.534 e. The maximum absolute atomic E-state index is 12.2. The van der Waals surface area contributed by atoms with Crippen LogP contribution in [0.25, 0.3) is 0 Å². The smallest absolute Gasteiger partial charge is 0.376 e. The van der Waals surface area contributed by atoms with E-state index in [9.17, 15) is 26.4 Å². The molecule has 0 saturated heterocycles. The van der Waals surface area contributed by atoms with Gasteiger partial charge in [-0.25, -0.2) is 0 Å². The number of rotatable bonds is 2. The monoisotopic (exact) mass is 294 g/mol. The minimum atomic E-state index is -5.68. The lowest BCUT2D eigenvalue weighted by molar-refractivity contribution is -0.118. The fourth-order valence-corrected chi connectivity index (χ4v) is 2.26. The highest BCUT2D eigenvalue weighted by Gasteiger charge is 2.48. The van der Waals surface area contributed by atoms with Crippen LogP contribution < -0.4 is 4.18 Å². The quantitative estimate of drug-likeness (QED) is 0.618. The maximum Gasteiger partial charge on any atom is 0.534 e. The molecular weight excluding hydrogens is 285 g/mol. The van der Waals surface area contributed by atoms with Gasteiger partial charge in [0.05, 0.1) is 0 Å². The van der Waals surface area contributed by atoms with Crippen molar-refractivity contribution in [3.63, 3.8) is 0 Å². The molecule has 104 valence electrons. The molecule has 0 radical (unpaired) electrons. The third-order valence-corrected chi connectivity index (χ3v) is 3.71. The minimum absolute atomic E-state index is 0.0386. The summed E-state index contributed by atoms with van der Waals surface area (Å²) in [7, 11) is -5.68. The van der Waals surface area contributed by atoms with Gasteiger partial charge in [0.25, 0.3) is 0 Å². The van der Waals surface area contributed by atoms with Crippen molar-refractivity contribution in [1.29, 1.82) is 0 Å². The number of hydrogen-bond acceptors (Lipinski definition) is 4. The molecule has 1 aliphatic carbocycles. The van der Waals surface area contributed by atoms with Gasteiger partial charge in [-0.05, 0) is 29.7 Å². The van der Waals surface area contributed by atoms with Gasteiger partial charge in [0, 0.05) is 12.8 Å². The van der Waals surface area contributed by atoms with Crippen LogP contribution in [-0.4, -0.2) is 19.7 Å². The molecule has 1 aromatic rings. The molecule has 0 aliphatic heterocycles. The zero-order valence-electron chi connectivity index (χ0n) is 9.53. The number of hydrogen-bond donors (Lipinski definition) is 0. The first-order valence-electron chi connectivity index (χ1n) is 5.33. The van der Waals surface area contributed by atoms with Crippen LogP contribution in [0, 0.1) is 0 Å². The van der Waals surface area contributed by atoms with Gasteiger partial charge in [-0.3, -0.25) is 4.79 Å². The molecule has 8 heteroatoms. The van der Waals surface area contributed by atoms with E-state index in [1.54, 1.807) is 0 Å². The summed E-state index contributed by atoms with van der Waals surface area (Å²) in [6.07, 6.45) is 0.965. The van der Waals surface area contributed by atoms with Crippen LogP contribution in [0.15, 0.2) is 18.2 Å². The van der Waals surface area contributed by atoms with Gasteiger partial charge in [0.2, 0.25) is 0 Å². The SMILES string of the molecule is O=C1CCc2ccc(OS(=O)(=O)C(F)(F)F)cc2C1. The first-order chi connectivity index (χ1) is 8.69. The van der Waals surface area contributed by atoms with E-state index < -0.39 is 21.4 Å². The van der Waals surface area contributed by atoms with E-state index in [-0.39, 0.29) is 12.2 Å². The number of carbonyl (C=O) groups is 1. The van der Waals surface area contributed by atoms with Gasteiger partial charge >= 0.3 is 15.6 Å². The first-order valence-corrected chi connectivity index (χ1v) is 6.74. The molecule has 19 heavy (non-hydrogen) atoms. The van der Waals surface area contributed by atoms with E-state index in [0.29, 0.717) is 18.4 Å². The van der Waals surface area contributed by atoms with Crippen LogP contribution in [0.1, 0.15) is 17.5 Å². The Kier molecular flexibility index (Phi) is 3.29. The molecule has 0 bridgehead atoms. The number of alkyl halides is 3. The van der Waals surface area contributed by atoms with Gasteiger partial charge in [-0.1, -0.05) is 6.07 Å². The van der Waals surface area contributed by atoms with Gasteiger partial charge in [0.1, 0.15) is 11.5 Å². The summed E-state index contributed by atoms with van der Waals surface area (Å²) >= 11 is 0. The van der Waals surface area contributed by atoms with Gasteiger partial charge in [-0.15, -0.1) is 0 Å². The highest BCUT2D eigenvalue weighted by molar-refractivity contribution is 7.87. The lowest BCUT2D eigenvalue weighted by Gasteiger charge is -2.16. The zero-order valence-corrected chi connectivity index (χ0v) is 10.3. The fourth-order valence-electron chi connectivity index (χ4n) is 1.81. The lowest BCUT2D eigenvalue weighted by atomic mass is 9.91. The van der Waals surface area contributed by atoms with Crippen molar-refractivity contribution >= 4 is 15.9 Å². The number of halogens is 3. The van der Waals surface area contributed by atoms with Crippen molar-refractivity contribution in [2.75, 3.05) is 0 Å². The Labute approximate surface area is 107 Å². The summed E-state index contributed by atoms with van der Waals surface area (Å²) in [6, 6.07) is 3.79. The second kappa shape index (κ2) is 4.52. The fraction of sp³-hybridized carbons (Fsp3) is 0.364. The van der Waals surface area contributed by atoms with Crippen molar-refractivity contribution in [3.8, 4) is 5.75 Å². The van der Waals surface area contributed by atoms with Crippen molar-refractivity contribution < 1.29 is 30.6 Å². The zero-order chi connectivity index (χ0) is 14.3. The molecule has 2 rings (SSSR count). The highest BCUT2D eigenvalue weighted by atomic mass is 32.2. The maximum atomic E-state index is 12.2.